The van der Waals surface area contributed by atoms with Crippen LogP contribution in [0, 0.1) is 0 Å². The van der Waals surface area contributed by atoms with Gasteiger partial charge in [-0.15, -0.1) is 0 Å². The molecule has 0 aliphatic heterocycles. The van der Waals surface area contributed by atoms with Gasteiger partial charge in [-0.1, -0.05) is 97.6 Å². The Bertz CT molecular complexity index is 1120. The Labute approximate surface area is 165 Å². The van der Waals surface area contributed by atoms with E-state index in [1.165, 1.54) is 0 Å². The second-order valence-corrected chi connectivity index (χ2v) is 7.18. The average Bonchev–Trinajstić information content (AvgIpc) is 3.19. The molecule has 2 nitrogen and oxygen atoms in total. The molecule has 0 saturated heterocycles. The lowest BCUT2D eigenvalue weighted by atomic mass is 9.58. The third-order valence-corrected chi connectivity index (χ3v) is 5.92. The van der Waals surface area contributed by atoms with E-state index in [9.17, 15) is 10.0 Å². The average molecular weight is 362 g/mol. The van der Waals surface area contributed by atoms with Crippen molar-refractivity contribution < 1.29 is 10.0 Å². The van der Waals surface area contributed by atoms with Crippen LogP contribution in [-0.4, -0.2) is 17.2 Å². The maximum atomic E-state index is 10.6. The minimum absolute atomic E-state index is 0.601. The monoisotopic (exact) mass is 362 g/mol. The normalized spacial score (nSPS) is 15.6. The highest BCUT2D eigenvalue weighted by molar-refractivity contribution is 6.55. The summed E-state index contributed by atoms with van der Waals surface area (Å²) in [6.45, 7) is 3.77. The van der Waals surface area contributed by atoms with Crippen LogP contribution in [0.5, 0.6) is 0 Å². The molecule has 0 atom stereocenters. The first-order valence-electron chi connectivity index (χ1n) is 9.40. The van der Waals surface area contributed by atoms with Crippen LogP contribution in [0.3, 0.4) is 0 Å². The Kier molecular flexibility index (Phi) is 3.76. The molecule has 28 heavy (non-hydrogen) atoms. The largest absolute Gasteiger partial charge is 0.486 e. The van der Waals surface area contributed by atoms with Gasteiger partial charge in [0.1, 0.15) is 0 Å². The number of benzene rings is 3. The Morgan fingerprint density at radius 2 is 1.18 bits per heavy atom. The molecule has 3 aromatic carbocycles. The fraction of sp³-hybridized carbons (Fsp3) is 0.0400. The molecule has 2 N–H and O–H groups in total. The van der Waals surface area contributed by atoms with E-state index in [0.717, 1.165) is 39.0 Å². The zero-order valence-electron chi connectivity index (χ0n) is 15.3. The molecule has 0 amide bonds. The zero-order valence-corrected chi connectivity index (χ0v) is 15.3. The minimum atomic E-state index is -1.59. The molecule has 1 spiro atoms. The number of fused-ring (bicyclic) bond motifs is 7. The van der Waals surface area contributed by atoms with Crippen molar-refractivity contribution >= 4 is 12.7 Å². The van der Waals surface area contributed by atoms with Gasteiger partial charge in [-0.2, -0.15) is 0 Å². The maximum absolute atomic E-state index is 10.6. The quantitative estimate of drug-likeness (QED) is 0.531. The van der Waals surface area contributed by atoms with Crippen LogP contribution in [0.15, 0.2) is 103 Å². The topological polar surface area (TPSA) is 40.5 Å². The summed E-state index contributed by atoms with van der Waals surface area (Å²) in [4.78, 5) is 0. The van der Waals surface area contributed by atoms with Crippen LogP contribution >= 0.6 is 0 Å². The van der Waals surface area contributed by atoms with E-state index in [0.29, 0.717) is 5.47 Å². The first-order valence-corrected chi connectivity index (χ1v) is 9.40. The Hall–Kier alpha value is -3.14. The van der Waals surface area contributed by atoms with Crippen LogP contribution < -0.4 is 0 Å². The second kappa shape index (κ2) is 6.20. The summed E-state index contributed by atoms with van der Waals surface area (Å²) in [5.41, 5.74) is 7.30. The highest BCUT2D eigenvalue weighted by Gasteiger charge is 2.55. The van der Waals surface area contributed by atoms with Crippen molar-refractivity contribution in [3.63, 3.8) is 0 Å². The zero-order chi connectivity index (χ0) is 19.3. The second-order valence-electron chi connectivity index (χ2n) is 7.18. The summed E-state index contributed by atoms with van der Waals surface area (Å²) in [5, 5.41) is 21.2. The maximum Gasteiger partial charge on any atom is 0.486 e. The van der Waals surface area contributed by atoms with Crippen LogP contribution in [-0.2, 0) is 5.41 Å². The van der Waals surface area contributed by atoms with Gasteiger partial charge < -0.3 is 10.0 Å². The van der Waals surface area contributed by atoms with Gasteiger partial charge in [-0.05, 0) is 44.4 Å². The Morgan fingerprint density at radius 1 is 0.714 bits per heavy atom. The Balaban J connectivity index is 2.00. The van der Waals surface area contributed by atoms with Crippen molar-refractivity contribution in [3.8, 4) is 11.1 Å². The van der Waals surface area contributed by atoms with Gasteiger partial charge in [0.25, 0.3) is 0 Å². The SMILES string of the molecule is C=C/C=C\C1=C(B(O)O)C2(c3ccccc31)c1ccccc1-c1ccccc12. The third-order valence-electron chi connectivity index (χ3n) is 5.92. The molecule has 0 bridgehead atoms. The van der Waals surface area contributed by atoms with Crippen LogP contribution in [0.1, 0.15) is 22.3 Å². The number of rotatable bonds is 3. The molecular weight excluding hydrogens is 343 g/mol. The molecule has 3 aromatic rings. The molecule has 0 heterocycles. The van der Waals surface area contributed by atoms with Gasteiger partial charge in [-0.3, -0.25) is 0 Å². The van der Waals surface area contributed by atoms with Crippen molar-refractivity contribution in [1.82, 2.24) is 0 Å². The number of hydrogen-bond donors (Lipinski definition) is 2. The van der Waals surface area contributed by atoms with Gasteiger partial charge in [0, 0.05) is 0 Å². The van der Waals surface area contributed by atoms with Gasteiger partial charge in [-0.25, -0.2) is 0 Å². The molecule has 5 rings (SSSR count). The van der Waals surface area contributed by atoms with E-state index >= 15 is 0 Å². The molecule has 0 saturated carbocycles. The first-order chi connectivity index (χ1) is 13.7. The van der Waals surface area contributed by atoms with E-state index in [-0.39, 0.29) is 0 Å². The van der Waals surface area contributed by atoms with Crippen molar-refractivity contribution in [3.05, 3.63) is 125 Å². The summed E-state index contributed by atoms with van der Waals surface area (Å²) in [6, 6.07) is 24.7. The molecular formula is C25H19BO2. The van der Waals surface area contributed by atoms with E-state index in [1.54, 1.807) is 6.08 Å². The fourth-order valence-corrected chi connectivity index (χ4v) is 5.03. The van der Waals surface area contributed by atoms with E-state index in [4.69, 9.17) is 0 Å². The minimum Gasteiger partial charge on any atom is -0.423 e. The highest BCUT2D eigenvalue weighted by Crippen LogP contribution is 2.61. The molecule has 0 unspecified atom stereocenters. The first kappa shape index (κ1) is 17.0. The van der Waals surface area contributed by atoms with Gasteiger partial charge in [0.05, 0.1) is 5.41 Å². The van der Waals surface area contributed by atoms with E-state index in [2.05, 4.69) is 43.0 Å². The lowest BCUT2D eigenvalue weighted by molar-refractivity contribution is 0.412. The standard InChI is InChI=1S/C25H19BO2/c1-2-3-10-20-19-13-6-9-16-23(19)25(24(20)26(27)28)21-14-7-4-11-17(21)18-12-5-8-15-22(18)25/h2-16,27-28H,1H2/b10-3-. The number of allylic oxidation sites excluding steroid dienone is 5. The molecule has 2 aliphatic rings. The van der Waals surface area contributed by atoms with Gasteiger partial charge in [0.15, 0.2) is 0 Å². The van der Waals surface area contributed by atoms with Crippen LogP contribution in [0.2, 0.25) is 0 Å². The predicted molar refractivity (Wildman–Crippen MR) is 115 cm³/mol. The number of hydrogen-bond acceptors (Lipinski definition) is 2. The van der Waals surface area contributed by atoms with Crippen molar-refractivity contribution in [1.29, 1.82) is 0 Å². The summed E-state index contributed by atoms with van der Waals surface area (Å²) in [5.74, 6) is 0. The van der Waals surface area contributed by atoms with Crippen LogP contribution in [0.25, 0.3) is 16.7 Å². The summed E-state index contributed by atoms with van der Waals surface area (Å²) in [7, 11) is -1.59. The fourth-order valence-electron chi connectivity index (χ4n) is 5.03. The van der Waals surface area contributed by atoms with Gasteiger partial charge in [0.2, 0.25) is 0 Å². The third kappa shape index (κ3) is 2.00. The smallest absolute Gasteiger partial charge is 0.423 e. The predicted octanol–water partition coefficient (Wildman–Crippen LogP) is 4.52. The molecule has 3 heteroatoms. The lowest BCUT2D eigenvalue weighted by Gasteiger charge is -2.32. The summed E-state index contributed by atoms with van der Waals surface area (Å²) < 4.78 is 0. The molecule has 0 aromatic heterocycles. The lowest BCUT2D eigenvalue weighted by Crippen LogP contribution is -2.35. The van der Waals surface area contributed by atoms with Crippen LogP contribution in [0.4, 0.5) is 0 Å². The highest BCUT2D eigenvalue weighted by atomic mass is 16.4. The van der Waals surface area contributed by atoms with Gasteiger partial charge >= 0.3 is 7.12 Å². The van der Waals surface area contributed by atoms with Crippen molar-refractivity contribution in [2.24, 2.45) is 0 Å². The summed E-state index contributed by atoms with van der Waals surface area (Å²) in [6.07, 6.45) is 5.48. The molecule has 0 radical (unpaired) electrons. The summed E-state index contributed by atoms with van der Waals surface area (Å²) >= 11 is 0. The van der Waals surface area contributed by atoms with Crippen molar-refractivity contribution in [2.75, 3.05) is 0 Å². The van der Waals surface area contributed by atoms with E-state index < -0.39 is 12.5 Å². The van der Waals surface area contributed by atoms with Crippen molar-refractivity contribution in [2.45, 2.75) is 5.41 Å². The molecule has 134 valence electrons. The molecule has 0 fully saturated rings. The Morgan fingerprint density at radius 3 is 1.68 bits per heavy atom. The molecule has 2 aliphatic carbocycles. The van der Waals surface area contributed by atoms with E-state index in [1.807, 2.05) is 48.6 Å².